The summed E-state index contributed by atoms with van der Waals surface area (Å²) in [6.45, 7) is 0. The van der Waals surface area contributed by atoms with Crippen molar-refractivity contribution in [3.8, 4) is 11.5 Å². The number of fused-ring (bicyclic) bond motifs is 1. The van der Waals surface area contributed by atoms with Gasteiger partial charge in [0.05, 0.1) is 25.3 Å². The number of amides is 1. The molecule has 4 aromatic rings. The molecule has 0 saturated heterocycles. The molecule has 8 nitrogen and oxygen atoms in total. The predicted molar refractivity (Wildman–Crippen MR) is 127 cm³/mol. The van der Waals surface area contributed by atoms with Crippen LogP contribution in [-0.2, 0) is 0 Å². The molecule has 8 heteroatoms. The largest absolute Gasteiger partial charge is 0.507 e. The maximum absolute atomic E-state index is 12.6. The Morgan fingerprint density at radius 2 is 1.73 bits per heavy atom. The van der Waals surface area contributed by atoms with E-state index < -0.39 is 5.56 Å². The molecule has 0 unspecified atom stereocenters. The summed E-state index contributed by atoms with van der Waals surface area (Å²) < 4.78 is 10.3. The molecule has 0 aliphatic rings. The number of hydrogen-bond donors (Lipinski definition) is 3. The summed E-state index contributed by atoms with van der Waals surface area (Å²) >= 11 is 0. The average molecular weight is 443 g/mol. The Balaban J connectivity index is 1.60. The summed E-state index contributed by atoms with van der Waals surface area (Å²) in [6, 6.07) is 18.6. The standard InChI is InChI=1S/C25H21N3O5/c1-32-18-9-7-17(8-10-18)26-24(30)16-6-11-20-21(13-16)28-25(31)22(27-20)14-23(29)15-4-3-5-19(12-15)33-2/h3-14,29H,1-2H3,(H,26,30)(H,28,31)/b23-14-. The van der Waals surface area contributed by atoms with Crippen molar-refractivity contribution in [2.45, 2.75) is 0 Å². The number of ether oxygens (including phenoxy) is 2. The van der Waals surface area contributed by atoms with Crippen LogP contribution in [0, 0.1) is 0 Å². The van der Waals surface area contributed by atoms with E-state index in [1.807, 2.05) is 0 Å². The Morgan fingerprint density at radius 1 is 0.970 bits per heavy atom. The van der Waals surface area contributed by atoms with Gasteiger partial charge in [-0.25, -0.2) is 4.98 Å². The molecule has 166 valence electrons. The highest BCUT2D eigenvalue weighted by atomic mass is 16.5. The van der Waals surface area contributed by atoms with E-state index in [0.717, 1.165) is 0 Å². The Hall–Kier alpha value is -4.59. The van der Waals surface area contributed by atoms with Gasteiger partial charge in [-0.2, -0.15) is 0 Å². The SMILES string of the molecule is COc1ccc(NC(=O)c2ccc3nc(/C=C(\O)c4cccc(OC)c4)c(=O)[nH]c3c2)cc1. The normalized spacial score (nSPS) is 11.3. The molecule has 0 aliphatic heterocycles. The van der Waals surface area contributed by atoms with Crippen LogP contribution in [0.5, 0.6) is 11.5 Å². The fraction of sp³-hybridized carbons (Fsp3) is 0.0800. The molecule has 0 spiro atoms. The van der Waals surface area contributed by atoms with Crippen molar-refractivity contribution in [3.63, 3.8) is 0 Å². The summed E-state index contributed by atoms with van der Waals surface area (Å²) in [4.78, 5) is 32.2. The molecule has 0 bridgehead atoms. The second-order valence-corrected chi connectivity index (χ2v) is 7.13. The summed E-state index contributed by atoms with van der Waals surface area (Å²) in [7, 11) is 3.10. The van der Waals surface area contributed by atoms with E-state index in [4.69, 9.17) is 9.47 Å². The van der Waals surface area contributed by atoms with Gasteiger partial charge in [0.15, 0.2) is 0 Å². The number of carbonyl (C=O) groups is 1. The molecule has 0 saturated carbocycles. The minimum atomic E-state index is -0.496. The maximum Gasteiger partial charge on any atom is 0.274 e. The number of anilines is 1. The number of aliphatic hydroxyl groups excluding tert-OH is 1. The number of hydrogen-bond acceptors (Lipinski definition) is 6. The number of aromatic nitrogens is 2. The molecule has 4 rings (SSSR count). The fourth-order valence-corrected chi connectivity index (χ4v) is 3.21. The lowest BCUT2D eigenvalue weighted by molar-refractivity contribution is 0.102. The summed E-state index contributed by atoms with van der Waals surface area (Å²) in [5.74, 6) is 0.808. The lowest BCUT2D eigenvalue weighted by Gasteiger charge is -2.07. The third kappa shape index (κ3) is 4.85. The molecule has 0 radical (unpaired) electrons. The van der Waals surface area contributed by atoms with Crippen LogP contribution in [0.15, 0.2) is 71.5 Å². The van der Waals surface area contributed by atoms with Crippen LogP contribution < -0.4 is 20.3 Å². The van der Waals surface area contributed by atoms with Gasteiger partial charge in [-0.1, -0.05) is 12.1 Å². The zero-order valence-corrected chi connectivity index (χ0v) is 18.0. The molecular weight excluding hydrogens is 422 g/mol. The molecule has 3 N–H and O–H groups in total. The van der Waals surface area contributed by atoms with E-state index in [1.54, 1.807) is 73.8 Å². The van der Waals surface area contributed by atoms with Crippen molar-refractivity contribution < 1.29 is 19.4 Å². The van der Waals surface area contributed by atoms with Gasteiger partial charge in [-0.3, -0.25) is 9.59 Å². The van der Waals surface area contributed by atoms with Crippen molar-refractivity contribution in [2.75, 3.05) is 19.5 Å². The highest BCUT2D eigenvalue weighted by molar-refractivity contribution is 6.05. The molecule has 1 heterocycles. The number of benzene rings is 3. The lowest BCUT2D eigenvalue weighted by Crippen LogP contribution is -2.14. The van der Waals surface area contributed by atoms with Crippen molar-refractivity contribution in [1.29, 1.82) is 0 Å². The van der Waals surface area contributed by atoms with Gasteiger partial charge in [0.2, 0.25) is 0 Å². The molecule has 33 heavy (non-hydrogen) atoms. The molecule has 0 aliphatic carbocycles. The molecule has 3 aromatic carbocycles. The number of rotatable bonds is 6. The van der Waals surface area contributed by atoms with Gasteiger partial charge < -0.3 is 24.9 Å². The predicted octanol–water partition coefficient (Wildman–Crippen LogP) is 4.25. The highest BCUT2D eigenvalue weighted by Crippen LogP contribution is 2.20. The van der Waals surface area contributed by atoms with E-state index in [9.17, 15) is 14.7 Å². The zero-order chi connectivity index (χ0) is 23.4. The number of carbonyl (C=O) groups excluding carboxylic acids is 1. The van der Waals surface area contributed by atoms with E-state index in [-0.39, 0.29) is 17.4 Å². The van der Waals surface area contributed by atoms with Crippen LogP contribution in [0.4, 0.5) is 5.69 Å². The van der Waals surface area contributed by atoms with Gasteiger partial charge in [-0.15, -0.1) is 0 Å². The molecule has 0 fully saturated rings. The quantitative estimate of drug-likeness (QED) is 0.384. The van der Waals surface area contributed by atoms with Crippen LogP contribution in [0.3, 0.4) is 0 Å². The van der Waals surface area contributed by atoms with E-state index >= 15 is 0 Å². The first-order chi connectivity index (χ1) is 16.0. The molecule has 1 amide bonds. The van der Waals surface area contributed by atoms with Crippen LogP contribution >= 0.6 is 0 Å². The van der Waals surface area contributed by atoms with Gasteiger partial charge in [0, 0.05) is 22.9 Å². The number of aliphatic hydroxyl groups is 1. The minimum absolute atomic E-state index is 0.0401. The number of nitrogens with one attached hydrogen (secondary N) is 2. The first-order valence-electron chi connectivity index (χ1n) is 10.0. The number of H-pyrrole nitrogens is 1. The van der Waals surface area contributed by atoms with Crippen molar-refractivity contribution in [2.24, 2.45) is 0 Å². The van der Waals surface area contributed by atoms with Crippen LogP contribution in [-0.4, -0.2) is 35.2 Å². The van der Waals surface area contributed by atoms with E-state index in [0.29, 0.717) is 39.3 Å². The van der Waals surface area contributed by atoms with Gasteiger partial charge in [0.25, 0.3) is 11.5 Å². The fourth-order valence-electron chi connectivity index (χ4n) is 3.21. The third-order valence-electron chi connectivity index (χ3n) is 4.97. The smallest absolute Gasteiger partial charge is 0.274 e. The van der Waals surface area contributed by atoms with E-state index in [1.165, 1.54) is 13.2 Å². The topological polar surface area (TPSA) is 114 Å². The second kappa shape index (κ2) is 9.27. The highest BCUT2D eigenvalue weighted by Gasteiger charge is 2.11. The van der Waals surface area contributed by atoms with Crippen molar-refractivity contribution in [1.82, 2.24) is 9.97 Å². The van der Waals surface area contributed by atoms with Crippen molar-refractivity contribution in [3.05, 3.63) is 93.9 Å². The zero-order valence-electron chi connectivity index (χ0n) is 18.0. The summed E-state index contributed by atoms with van der Waals surface area (Å²) in [6.07, 6.45) is 1.29. The summed E-state index contributed by atoms with van der Waals surface area (Å²) in [5, 5.41) is 13.2. The van der Waals surface area contributed by atoms with Crippen LogP contribution in [0.25, 0.3) is 22.9 Å². The Kier molecular flexibility index (Phi) is 6.08. The first kappa shape index (κ1) is 21.6. The lowest BCUT2D eigenvalue weighted by atomic mass is 10.1. The molecule has 1 aromatic heterocycles. The van der Waals surface area contributed by atoms with Gasteiger partial charge in [0.1, 0.15) is 23.0 Å². The monoisotopic (exact) mass is 443 g/mol. The van der Waals surface area contributed by atoms with Crippen LogP contribution in [0.2, 0.25) is 0 Å². The maximum atomic E-state index is 12.6. The van der Waals surface area contributed by atoms with E-state index in [2.05, 4.69) is 15.3 Å². The number of aromatic amines is 1. The minimum Gasteiger partial charge on any atom is -0.507 e. The Labute approximate surface area is 189 Å². The molecular formula is C25H21N3O5. The Morgan fingerprint density at radius 3 is 2.45 bits per heavy atom. The average Bonchev–Trinajstić information content (AvgIpc) is 2.84. The summed E-state index contributed by atoms with van der Waals surface area (Å²) in [5.41, 5.74) is 1.88. The number of methoxy groups -OCH3 is 2. The van der Waals surface area contributed by atoms with Crippen molar-refractivity contribution >= 4 is 34.5 Å². The molecule has 0 atom stereocenters. The van der Waals surface area contributed by atoms with Crippen LogP contribution in [0.1, 0.15) is 21.6 Å². The second-order valence-electron chi connectivity index (χ2n) is 7.13. The van der Waals surface area contributed by atoms with Gasteiger partial charge in [-0.05, 0) is 54.6 Å². The first-order valence-corrected chi connectivity index (χ1v) is 10.0. The van der Waals surface area contributed by atoms with Gasteiger partial charge >= 0.3 is 0 Å². The Bertz CT molecular complexity index is 1410. The third-order valence-corrected chi connectivity index (χ3v) is 4.97. The number of nitrogens with zero attached hydrogens (tertiary/aromatic N) is 1.